The highest BCUT2D eigenvalue weighted by Gasteiger charge is 2.33. The third-order valence-corrected chi connectivity index (χ3v) is 3.80. The average Bonchev–Trinajstić information content (AvgIpc) is 2.98. The van der Waals surface area contributed by atoms with Crippen molar-refractivity contribution in [2.45, 2.75) is 6.92 Å². The zero-order valence-electron chi connectivity index (χ0n) is 13.0. The molecule has 2 aromatic rings. The van der Waals surface area contributed by atoms with E-state index in [4.69, 9.17) is 17.0 Å². The molecule has 1 saturated heterocycles. The maximum atomic E-state index is 12.7. The van der Waals surface area contributed by atoms with Crippen LogP contribution in [0.4, 0.5) is 5.69 Å². The number of hydrogen-bond donors (Lipinski definition) is 1. The molecule has 118 valence electrons. The van der Waals surface area contributed by atoms with Gasteiger partial charge in [-0.2, -0.15) is 5.10 Å². The SMILES string of the molecule is COc1cccc(/C=C2/NC(=S)N(c3cn(C)nc3C)C2=O)c1. The number of carbonyl (C=O) groups excluding carboxylic acids is 1. The Kier molecular flexibility index (Phi) is 3.87. The highest BCUT2D eigenvalue weighted by atomic mass is 32.1. The third-order valence-electron chi connectivity index (χ3n) is 3.51. The van der Waals surface area contributed by atoms with Gasteiger partial charge in [-0.25, -0.2) is 4.90 Å². The number of amides is 1. The lowest BCUT2D eigenvalue weighted by atomic mass is 10.2. The molecule has 7 heteroatoms. The summed E-state index contributed by atoms with van der Waals surface area (Å²) < 4.78 is 6.85. The molecule has 1 aliphatic heterocycles. The number of carbonyl (C=O) groups is 1. The molecule has 0 bridgehead atoms. The highest BCUT2D eigenvalue weighted by molar-refractivity contribution is 7.80. The first-order chi connectivity index (χ1) is 11.0. The summed E-state index contributed by atoms with van der Waals surface area (Å²) in [5.74, 6) is 0.529. The van der Waals surface area contributed by atoms with Gasteiger partial charge in [-0.1, -0.05) is 12.1 Å². The molecular weight excluding hydrogens is 312 g/mol. The van der Waals surface area contributed by atoms with Gasteiger partial charge < -0.3 is 10.1 Å². The van der Waals surface area contributed by atoms with Gasteiger partial charge in [0.15, 0.2) is 5.11 Å². The van der Waals surface area contributed by atoms with Crippen molar-refractivity contribution in [1.82, 2.24) is 15.1 Å². The fourth-order valence-electron chi connectivity index (χ4n) is 2.46. The second kappa shape index (κ2) is 5.85. The summed E-state index contributed by atoms with van der Waals surface area (Å²) in [4.78, 5) is 14.1. The summed E-state index contributed by atoms with van der Waals surface area (Å²) >= 11 is 5.30. The van der Waals surface area contributed by atoms with Gasteiger partial charge in [0.05, 0.1) is 18.5 Å². The minimum absolute atomic E-state index is 0.200. The molecule has 1 aromatic heterocycles. The summed E-state index contributed by atoms with van der Waals surface area (Å²) in [5.41, 5.74) is 2.70. The van der Waals surface area contributed by atoms with Crippen molar-refractivity contribution in [2.24, 2.45) is 7.05 Å². The lowest BCUT2D eigenvalue weighted by Gasteiger charge is -2.11. The molecule has 1 amide bonds. The quantitative estimate of drug-likeness (QED) is 0.690. The zero-order valence-corrected chi connectivity index (χ0v) is 13.8. The van der Waals surface area contributed by atoms with Crippen LogP contribution in [-0.4, -0.2) is 27.9 Å². The normalized spacial score (nSPS) is 16.1. The van der Waals surface area contributed by atoms with E-state index in [2.05, 4.69) is 10.4 Å². The molecule has 6 nitrogen and oxygen atoms in total. The van der Waals surface area contributed by atoms with Crippen LogP contribution in [-0.2, 0) is 11.8 Å². The van der Waals surface area contributed by atoms with Crippen molar-refractivity contribution in [3.63, 3.8) is 0 Å². The minimum Gasteiger partial charge on any atom is -0.497 e. The van der Waals surface area contributed by atoms with Crippen LogP contribution in [0.1, 0.15) is 11.3 Å². The smallest absolute Gasteiger partial charge is 0.281 e. The highest BCUT2D eigenvalue weighted by Crippen LogP contribution is 2.25. The van der Waals surface area contributed by atoms with Crippen LogP contribution in [0.5, 0.6) is 5.75 Å². The van der Waals surface area contributed by atoms with Gasteiger partial charge in [-0.3, -0.25) is 9.48 Å². The molecule has 0 aliphatic carbocycles. The number of benzene rings is 1. The van der Waals surface area contributed by atoms with Crippen molar-refractivity contribution in [1.29, 1.82) is 0 Å². The van der Waals surface area contributed by atoms with Crippen molar-refractivity contribution in [2.75, 3.05) is 12.0 Å². The van der Waals surface area contributed by atoms with Gasteiger partial charge in [0, 0.05) is 13.2 Å². The van der Waals surface area contributed by atoms with Crippen LogP contribution in [0, 0.1) is 6.92 Å². The van der Waals surface area contributed by atoms with Crippen molar-refractivity contribution in [3.8, 4) is 5.75 Å². The molecule has 3 rings (SSSR count). The van der Waals surface area contributed by atoms with E-state index >= 15 is 0 Å². The second-order valence-corrected chi connectivity index (χ2v) is 5.57. The van der Waals surface area contributed by atoms with Crippen LogP contribution in [0.15, 0.2) is 36.2 Å². The number of rotatable bonds is 3. The molecule has 0 unspecified atom stereocenters. The van der Waals surface area contributed by atoms with Crippen molar-refractivity contribution >= 4 is 35.0 Å². The first kappa shape index (κ1) is 15.2. The number of ether oxygens (including phenoxy) is 1. The molecule has 1 fully saturated rings. The molecule has 0 radical (unpaired) electrons. The first-order valence-electron chi connectivity index (χ1n) is 7.01. The summed E-state index contributed by atoms with van der Waals surface area (Å²) in [5, 5.41) is 7.57. The van der Waals surface area contributed by atoms with Crippen LogP contribution < -0.4 is 15.0 Å². The molecule has 2 heterocycles. The van der Waals surface area contributed by atoms with Gasteiger partial charge in [0.25, 0.3) is 5.91 Å². The van der Waals surface area contributed by atoms with E-state index in [9.17, 15) is 4.79 Å². The van der Waals surface area contributed by atoms with Crippen LogP contribution in [0.25, 0.3) is 6.08 Å². The summed E-state index contributed by atoms with van der Waals surface area (Å²) in [6.45, 7) is 1.84. The summed E-state index contributed by atoms with van der Waals surface area (Å²) in [6.07, 6.45) is 3.53. The third kappa shape index (κ3) is 2.83. The Morgan fingerprint density at radius 3 is 2.83 bits per heavy atom. The second-order valence-electron chi connectivity index (χ2n) is 5.18. The van der Waals surface area contributed by atoms with Crippen LogP contribution in [0.2, 0.25) is 0 Å². The predicted molar refractivity (Wildman–Crippen MR) is 92.1 cm³/mol. The Morgan fingerprint density at radius 2 is 2.17 bits per heavy atom. The van der Waals surface area contributed by atoms with Gasteiger partial charge in [-0.05, 0) is 42.9 Å². The number of thiocarbonyl (C=S) groups is 1. The van der Waals surface area contributed by atoms with Gasteiger partial charge in [-0.15, -0.1) is 0 Å². The Hall–Kier alpha value is -2.67. The van der Waals surface area contributed by atoms with Crippen molar-refractivity contribution in [3.05, 3.63) is 47.4 Å². The monoisotopic (exact) mass is 328 g/mol. The zero-order chi connectivity index (χ0) is 16.6. The van der Waals surface area contributed by atoms with Crippen LogP contribution >= 0.6 is 12.2 Å². The molecule has 1 aliphatic rings. The summed E-state index contributed by atoms with van der Waals surface area (Å²) in [7, 11) is 3.41. The van der Waals surface area contributed by atoms with Crippen molar-refractivity contribution < 1.29 is 9.53 Å². The Labute approximate surface area is 139 Å². The van der Waals surface area contributed by atoms with Gasteiger partial charge >= 0.3 is 0 Å². The van der Waals surface area contributed by atoms with E-state index in [1.807, 2.05) is 31.2 Å². The minimum atomic E-state index is -0.200. The Morgan fingerprint density at radius 1 is 1.39 bits per heavy atom. The first-order valence-corrected chi connectivity index (χ1v) is 7.42. The van der Waals surface area contributed by atoms with E-state index in [0.29, 0.717) is 16.5 Å². The number of hydrogen-bond acceptors (Lipinski definition) is 4. The fraction of sp³-hybridized carbons (Fsp3) is 0.188. The number of aromatic nitrogens is 2. The molecule has 0 saturated carbocycles. The molecular formula is C16H16N4O2S. The van der Waals surface area contributed by atoms with E-state index in [0.717, 1.165) is 17.0 Å². The van der Waals surface area contributed by atoms with E-state index in [-0.39, 0.29) is 5.91 Å². The number of anilines is 1. The van der Waals surface area contributed by atoms with E-state index in [1.54, 1.807) is 31.1 Å². The number of nitrogens with zero attached hydrogens (tertiary/aromatic N) is 3. The molecule has 0 atom stereocenters. The maximum Gasteiger partial charge on any atom is 0.281 e. The Balaban J connectivity index is 1.94. The largest absolute Gasteiger partial charge is 0.497 e. The van der Waals surface area contributed by atoms with Gasteiger partial charge in [0.2, 0.25) is 0 Å². The number of nitrogens with one attached hydrogen (secondary N) is 1. The fourth-order valence-corrected chi connectivity index (χ4v) is 2.75. The lowest BCUT2D eigenvalue weighted by Crippen LogP contribution is -2.30. The van der Waals surface area contributed by atoms with Gasteiger partial charge in [0.1, 0.15) is 11.4 Å². The molecule has 1 N–H and O–H groups in total. The molecule has 1 aromatic carbocycles. The van der Waals surface area contributed by atoms with E-state index < -0.39 is 0 Å². The standard InChI is InChI=1S/C16H16N4O2S/c1-10-14(9-19(2)18-10)20-15(21)13(17-16(20)23)8-11-5-4-6-12(7-11)22-3/h4-9H,1-3H3,(H,17,23)/b13-8+. The summed E-state index contributed by atoms with van der Waals surface area (Å²) in [6, 6.07) is 7.46. The molecule has 0 spiro atoms. The van der Waals surface area contributed by atoms with Crippen LogP contribution in [0.3, 0.4) is 0 Å². The predicted octanol–water partition coefficient (Wildman–Crippen LogP) is 2.00. The number of methoxy groups -OCH3 is 1. The average molecular weight is 328 g/mol. The van der Waals surface area contributed by atoms with E-state index in [1.165, 1.54) is 4.90 Å². The topological polar surface area (TPSA) is 59.4 Å². The number of aryl methyl sites for hydroxylation is 2. The lowest BCUT2D eigenvalue weighted by molar-refractivity contribution is -0.113. The molecule has 23 heavy (non-hydrogen) atoms. The Bertz CT molecular complexity index is 825. The maximum absolute atomic E-state index is 12.7.